The van der Waals surface area contributed by atoms with Crippen LogP contribution < -0.4 is 0 Å². The van der Waals surface area contributed by atoms with Crippen LogP contribution in [-0.4, -0.2) is 30.9 Å². The molecule has 0 N–H and O–H groups in total. The molecule has 0 unspecified atom stereocenters. The van der Waals surface area contributed by atoms with Gasteiger partial charge in [-0.1, -0.05) is 24.3 Å². The number of aryl methyl sites for hydroxylation is 1. The van der Waals surface area contributed by atoms with Crippen LogP contribution in [0.15, 0.2) is 48.5 Å². The van der Waals surface area contributed by atoms with Gasteiger partial charge in [-0.15, -0.1) is 0 Å². The predicted molar refractivity (Wildman–Crippen MR) is 92.0 cm³/mol. The van der Waals surface area contributed by atoms with E-state index in [2.05, 4.69) is 22.9 Å². The number of carbonyl (C=O) groups is 2. The molecule has 0 radical (unpaired) electrons. The van der Waals surface area contributed by atoms with Crippen LogP contribution in [0.25, 0.3) is 0 Å². The maximum Gasteiger partial charge on any atom is 0.337 e. The summed E-state index contributed by atoms with van der Waals surface area (Å²) in [5, 5.41) is 0. The van der Waals surface area contributed by atoms with Crippen LogP contribution in [-0.2, 0) is 11.2 Å². The first kappa shape index (κ1) is 16.2. The average Bonchev–Trinajstić information content (AvgIpc) is 2.66. The Morgan fingerprint density at radius 3 is 2.42 bits per heavy atom. The van der Waals surface area contributed by atoms with Gasteiger partial charge in [-0.3, -0.25) is 4.79 Å². The summed E-state index contributed by atoms with van der Waals surface area (Å²) in [5.74, 6) is -0.434. The van der Waals surface area contributed by atoms with E-state index in [4.69, 9.17) is 0 Å². The van der Waals surface area contributed by atoms with Crippen molar-refractivity contribution < 1.29 is 14.3 Å². The smallest absolute Gasteiger partial charge is 0.337 e. The van der Waals surface area contributed by atoms with Crippen LogP contribution in [0.2, 0.25) is 0 Å². The van der Waals surface area contributed by atoms with Gasteiger partial charge >= 0.3 is 5.97 Å². The number of amides is 1. The van der Waals surface area contributed by atoms with Crippen LogP contribution in [0.3, 0.4) is 0 Å². The Bertz CT molecular complexity index is 752. The van der Waals surface area contributed by atoms with Gasteiger partial charge in [-0.25, -0.2) is 4.79 Å². The molecule has 2 aromatic rings. The predicted octanol–water partition coefficient (Wildman–Crippen LogP) is 3.62. The van der Waals surface area contributed by atoms with E-state index in [0.29, 0.717) is 11.1 Å². The monoisotopic (exact) mass is 323 g/mol. The van der Waals surface area contributed by atoms with E-state index < -0.39 is 5.97 Å². The molecule has 24 heavy (non-hydrogen) atoms. The van der Waals surface area contributed by atoms with Crippen molar-refractivity contribution in [2.75, 3.05) is 14.2 Å². The standard InChI is InChI=1S/C20H21NO3/c1-21(18-9-5-7-14-6-3-4-8-17(14)18)19(22)15-10-12-16(13-11-15)20(23)24-2/h3-4,6,8,10-13,18H,5,7,9H2,1-2H3/t18-/m0/s1. The molecule has 0 aliphatic heterocycles. The van der Waals surface area contributed by atoms with Crippen molar-refractivity contribution in [3.05, 3.63) is 70.8 Å². The number of hydrogen-bond donors (Lipinski definition) is 0. The Kier molecular flexibility index (Phi) is 4.65. The molecule has 3 rings (SSSR count). The third-order valence-corrected chi connectivity index (χ3v) is 4.68. The summed E-state index contributed by atoms with van der Waals surface area (Å²) < 4.78 is 4.68. The number of ether oxygens (including phenoxy) is 1. The molecular weight excluding hydrogens is 302 g/mol. The fourth-order valence-electron chi connectivity index (χ4n) is 3.34. The molecule has 124 valence electrons. The Labute approximate surface area is 142 Å². The first-order valence-corrected chi connectivity index (χ1v) is 8.15. The normalized spacial score (nSPS) is 16.2. The zero-order chi connectivity index (χ0) is 17.1. The fourth-order valence-corrected chi connectivity index (χ4v) is 3.34. The molecule has 1 amide bonds. The molecule has 4 nitrogen and oxygen atoms in total. The second-order valence-corrected chi connectivity index (χ2v) is 6.09. The molecule has 2 aromatic carbocycles. The molecule has 0 spiro atoms. The minimum Gasteiger partial charge on any atom is -0.465 e. The van der Waals surface area contributed by atoms with Gasteiger partial charge in [0.1, 0.15) is 0 Å². The Morgan fingerprint density at radius 2 is 1.71 bits per heavy atom. The van der Waals surface area contributed by atoms with Crippen LogP contribution in [0.4, 0.5) is 0 Å². The van der Waals surface area contributed by atoms with E-state index in [9.17, 15) is 9.59 Å². The third-order valence-electron chi connectivity index (χ3n) is 4.68. The fraction of sp³-hybridized carbons (Fsp3) is 0.300. The van der Waals surface area contributed by atoms with E-state index in [0.717, 1.165) is 19.3 Å². The molecular formula is C20H21NO3. The number of fused-ring (bicyclic) bond motifs is 1. The molecule has 1 atom stereocenters. The lowest BCUT2D eigenvalue weighted by molar-refractivity contribution is 0.0599. The van der Waals surface area contributed by atoms with Crippen LogP contribution >= 0.6 is 0 Å². The van der Waals surface area contributed by atoms with E-state index in [1.165, 1.54) is 18.2 Å². The van der Waals surface area contributed by atoms with Gasteiger partial charge in [0.25, 0.3) is 5.91 Å². The van der Waals surface area contributed by atoms with Gasteiger partial charge < -0.3 is 9.64 Å². The van der Waals surface area contributed by atoms with Crippen molar-refractivity contribution in [2.45, 2.75) is 25.3 Å². The number of rotatable bonds is 3. The van der Waals surface area contributed by atoms with E-state index in [1.807, 2.05) is 18.0 Å². The van der Waals surface area contributed by atoms with Gasteiger partial charge in [0.05, 0.1) is 18.7 Å². The second kappa shape index (κ2) is 6.87. The average molecular weight is 323 g/mol. The lowest BCUT2D eigenvalue weighted by atomic mass is 9.87. The van der Waals surface area contributed by atoms with Gasteiger partial charge in [0, 0.05) is 12.6 Å². The molecule has 0 aromatic heterocycles. The Morgan fingerprint density at radius 1 is 1.04 bits per heavy atom. The molecule has 0 fully saturated rings. The number of hydrogen-bond acceptors (Lipinski definition) is 3. The molecule has 0 heterocycles. The molecule has 1 aliphatic carbocycles. The van der Waals surface area contributed by atoms with Crippen LogP contribution in [0.5, 0.6) is 0 Å². The number of esters is 1. The summed E-state index contributed by atoms with van der Waals surface area (Å²) in [6, 6.07) is 15.1. The molecule has 1 aliphatic rings. The molecule has 4 heteroatoms. The van der Waals surface area contributed by atoms with Crippen molar-refractivity contribution in [2.24, 2.45) is 0 Å². The topological polar surface area (TPSA) is 46.6 Å². The van der Waals surface area contributed by atoms with Crippen molar-refractivity contribution in [1.29, 1.82) is 0 Å². The van der Waals surface area contributed by atoms with Crippen LogP contribution in [0, 0.1) is 0 Å². The number of methoxy groups -OCH3 is 1. The van der Waals surface area contributed by atoms with Crippen molar-refractivity contribution in [1.82, 2.24) is 4.90 Å². The zero-order valence-electron chi connectivity index (χ0n) is 14.0. The van der Waals surface area contributed by atoms with Crippen molar-refractivity contribution in [3.63, 3.8) is 0 Å². The number of nitrogens with zero attached hydrogens (tertiary/aromatic N) is 1. The Hall–Kier alpha value is -2.62. The molecule has 0 bridgehead atoms. The van der Waals surface area contributed by atoms with E-state index in [-0.39, 0.29) is 11.9 Å². The van der Waals surface area contributed by atoms with E-state index >= 15 is 0 Å². The molecule has 0 saturated carbocycles. The summed E-state index contributed by atoms with van der Waals surface area (Å²) in [6.07, 6.45) is 3.13. The minimum atomic E-state index is -0.399. The highest BCUT2D eigenvalue weighted by Gasteiger charge is 2.27. The maximum absolute atomic E-state index is 12.8. The van der Waals surface area contributed by atoms with E-state index in [1.54, 1.807) is 24.3 Å². The van der Waals surface area contributed by atoms with Crippen molar-refractivity contribution >= 4 is 11.9 Å². The first-order chi connectivity index (χ1) is 11.6. The highest BCUT2D eigenvalue weighted by molar-refractivity contribution is 5.96. The van der Waals surface area contributed by atoms with Gasteiger partial charge in [0.2, 0.25) is 0 Å². The summed E-state index contributed by atoms with van der Waals surface area (Å²) in [4.78, 5) is 26.1. The van der Waals surface area contributed by atoms with Gasteiger partial charge in [0.15, 0.2) is 0 Å². The lowest BCUT2D eigenvalue weighted by Gasteiger charge is -2.33. The lowest BCUT2D eigenvalue weighted by Crippen LogP contribution is -2.33. The minimum absolute atomic E-state index is 0.0341. The highest BCUT2D eigenvalue weighted by atomic mass is 16.5. The number of carbonyl (C=O) groups excluding carboxylic acids is 2. The maximum atomic E-state index is 12.8. The highest BCUT2D eigenvalue weighted by Crippen LogP contribution is 2.34. The Balaban J connectivity index is 1.82. The van der Waals surface area contributed by atoms with Gasteiger partial charge in [-0.05, 0) is 54.7 Å². The van der Waals surface area contributed by atoms with Crippen LogP contribution in [0.1, 0.15) is 50.7 Å². The molecule has 0 saturated heterocycles. The zero-order valence-corrected chi connectivity index (χ0v) is 14.0. The quantitative estimate of drug-likeness (QED) is 0.811. The summed E-state index contributed by atoms with van der Waals surface area (Å²) in [6.45, 7) is 0. The summed E-state index contributed by atoms with van der Waals surface area (Å²) in [7, 11) is 3.19. The van der Waals surface area contributed by atoms with Gasteiger partial charge in [-0.2, -0.15) is 0 Å². The number of benzene rings is 2. The SMILES string of the molecule is COC(=O)c1ccc(C(=O)N(C)[C@H]2CCCc3ccccc32)cc1. The van der Waals surface area contributed by atoms with Crippen molar-refractivity contribution in [3.8, 4) is 0 Å². The first-order valence-electron chi connectivity index (χ1n) is 8.15. The second-order valence-electron chi connectivity index (χ2n) is 6.09. The third kappa shape index (κ3) is 3.04. The summed E-state index contributed by atoms with van der Waals surface area (Å²) >= 11 is 0. The summed E-state index contributed by atoms with van der Waals surface area (Å²) in [5.41, 5.74) is 3.59. The largest absolute Gasteiger partial charge is 0.465 e.